The van der Waals surface area contributed by atoms with Crippen LogP contribution in [0.15, 0.2) is 59.5 Å². The fourth-order valence-corrected chi connectivity index (χ4v) is 3.39. The molecule has 1 atom stereocenters. The number of benzene rings is 2. The Labute approximate surface area is 149 Å². The number of hydrogen-bond donors (Lipinski definition) is 2. The zero-order chi connectivity index (χ0) is 18.3. The predicted molar refractivity (Wildman–Crippen MR) is 98.9 cm³/mol. The number of nitrogens with one attached hydrogen (secondary N) is 2. The Hall–Kier alpha value is -2.18. The van der Waals surface area contributed by atoms with Gasteiger partial charge in [0.1, 0.15) is 0 Å². The highest BCUT2D eigenvalue weighted by Crippen LogP contribution is 2.13. The third-order valence-corrected chi connectivity index (χ3v) is 5.43. The molecule has 25 heavy (non-hydrogen) atoms. The van der Waals surface area contributed by atoms with E-state index in [1.54, 1.807) is 24.3 Å². The summed E-state index contributed by atoms with van der Waals surface area (Å²) in [6, 6.07) is 16.5. The number of carbonyl (C=O) groups is 1. The summed E-state index contributed by atoms with van der Waals surface area (Å²) < 4.78 is 26.7. The molecule has 2 aromatic rings. The van der Waals surface area contributed by atoms with Gasteiger partial charge in [-0.25, -0.2) is 13.1 Å². The van der Waals surface area contributed by atoms with Gasteiger partial charge in [0, 0.05) is 19.5 Å². The van der Waals surface area contributed by atoms with Gasteiger partial charge in [0.25, 0.3) is 0 Å². The first-order chi connectivity index (χ1) is 11.9. The SMILES string of the molecule is Cc1ccc(S(=O)(=O)NCCC(=O)NC[C@H](C)c2ccccc2)cc1. The summed E-state index contributed by atoms with van der Waals surface area (Å²) in [4.78, 5) is 12.1. The maximum atomic E-state index is 12.1. The van der Waals surface area contributed by atoms with E-state index in [2.05, 4.69) is 10.0 Å². The molecule has 0 bridgehead atoms. The molecule has 2 rings (SSSR count). The van der Waals surface area contributed by atoms with Crippen LogP contribution in [0, 0.1) is 6.92 Å². The summed E-state index contributed by atoms with van der Waals surface area (Å²) in [6.45, 7) is 4.52. The Kier molecular flexibility index (Phi) is 6.73. The van der Waals surface area contributed by atoms with Gasteiger partial charge < -0.3 is 5.32 Å². The van der Waals surface area contributed by atoms with Gasteiger partial charge in [-0.05, 0) is 30.5 Å². The lowest BCUT2D eigenvalue weighted by atomic mass is 10.0. The Bertz CT molecular complexity index is 787. The van der Waals surface area contributed by atoms with E-state index in [1.165, 1.54) is 0 Å². The van der Waals surface area contributed by atoms with Gasteiger partial charge in [0.2, 0.25) is 15.9 Å². The van der Waals surface area contributed by atoms with Gasteiger partial charge in [-0.3, -0.25) is 4.79 Å². The molecule has 134 valence electrons. The molecule has 6 heteroatoms. The molecule has 0 aliphatic carbocycles. The molecule has 0 aliphatic rings. The predicted octanol–water partition coefficient (Wildman–Crippen LogP) is 2.58. The molecule has 5 nitrogen and oxygen atoms in total. The molecule has 0 aliphatic heterocycles. The summed E-state index contributed by atoms with van der Waals surface area (Å²) >= 11 is 0. The molecule has 0 spiro atoms. The number of aryl methyl sites for hydroxylation is 1. The number of hydrogen-bond acceptors (Lipinski definition) is 3. The Morgan fingerprint density at radius 1 is 1.04 bits per heavy atom. The maximum Gasteiger partial charge on any atom is 0.240 e. The zero-order valence-corrected chi connectivity index (χ0v) is 15.3. The minimum Gasteiger partial charge on any atom is -0.355 e. The minimum atomic E-state index is -3.58. The van der Waals surface area contributed by atoms with Gasteiger partial charge in [-0.2, -0.15) is 0 Å². The van der Waals surface area contributed by atoms with Crippen molar-refractivity contribution in [2.24, 2.45) is 0 Å². The standard InChI is InChI=1S/C19H24N2O3S/c1-15-8-10-18(11-9-15)25(23,24)21-13-12-19(22)20-14-16(2)17-6-4-3-5-7-17/h3-11,16,21H,12-14H2,1-2H3,(H,20,22)/t16-/m0/s1. The van der Waals surface area contributed by atoms with Crippen molar-refractivity contribution < 1.29 is 13.2 Å². The molecule has 2 N–H and O–H groups in total. The van der Waals surface area contributed by atoms with Crippen LogP contribution < -0.4 is 10.0 Å². The molecular weight excluding hydrogens is 336 g/mol. The first-order valence-corrected chi connectivity index (χ1v) is 9.75. The third kappa shape index (κ3) is 5.99. The molecule has 1 amide bonds. The highest BCUT2D eigenvalue weighted by Gasteiger charge is 2.14. The van der Waals surface area contributed by atoms with Gasteiger partial charge in [-0.1, -0.05) is 55.0 Å². The molecule has 0 unspecified atom stereocenters. The monoisotopic (exact) mass is 360 g/mol. The molecule has 0 saturated carbocycles. The van der Waals surface area contributed by atoms with E-state index in [9.17, 15) is 13.2 Å². The maximum absolute atomic E-state index is 12.1. The van der Waals surface area contributed by atoms with E-state index in [1.807, 2.05) is 44.2 Å². The Morgan fingerprint density at radius 3 is 2.32 bits per heavy atom. The summed E-state index contributed by atoms with van der Waals surface area (Å²) in [5.74, 6) is 0.0313. The Morgan fingerprint density at radius 2 is 1.68 bits per heavy atom. The fraction of sp³-hybridized carbons (Fsp3) is 0.316. The van der Waals surface area contributed by atoms with Gasteiger partial charge in [-0.15, -0.1) is 0 Å². The van der Waals surface area contributed by atoms with Crippen molar-refractivity contribution in [3.05, 3.63) is 65.7 Å². The number of sulfonamides is 1. The van der Waals surface area contributed by atoms with Crippen LogP contribution >= 0.6 is 0 Å². The topological polar surface area (TPSA) is 75.3 Å². The second-order valence-corrected chi connectivity index (χ2v) is 7.84. The van der Waals surface area contributed by atoms with E-state index in [-0.39, 0.29) is 29.7 Å². The summed E-state index contributed by atoms with van der Waals surface area (Å²) in [6.07, 6.45) is 0.104. The average molecular weight is 360 g/mol. The molecular formula is C19H24N2O3S. The van der Waals surface area contributed by atoms with Crippen molar-refractivity contribution in [1.29, 1.82) is 0 Å². The highest BCUT2D eigenvalue weighted by atomic mass is 32.2. The summed E-state index contributed by atoms with van der Waals surface area (Å²) in [7, 11) is -3.58. The average Bonchev–Trinajstić information content (AvgIpc) is 2.60. The van der Waals surface area contributed by atoms with Gasteiger partial charge in [0.15, 0.2) is 0 Å². The van der Waals surface area contributed by atoms with Crippen LogP contribution in [0.4, 0.5) is 0 Å². The first-order valence-electron chi connectivity index (χ1n) is 8.26. The molecule has 2 aromatic carbocycles. The van der Waals surface area contributed by atoms with Crippen LogP contribution in [0.3, 0.4) is 0 Å². The van der Waals surface area contributed by atoms with E-state index in [0.29, 0.717) is 6.54 Å². The normalized spacial score (nSPS) is 12.6. The first kappa shape index (κ1) is 19.1. The van der Waals surface area contributed by atoms with Gasteiger partial charge >= 0.3 is 0 Å². The van der Waals surface area contributed by atoms with Crippen LogP contribution in [-0.2, 0) is 14.8 Å². The van der Waals surface area contributed by atoms with E-state index in [4.69, 9.17) is 0 Å². The van der Waals surface area contributed by atoms with Crippen molar-refractivity contribution in [3.63, 3.8) is 0 Å². The molecule has 0 fully saturated rings. The lowest BCUT2D eigenvalue weighted by Crippen LogP contribution is -2.32. The number of amides is 1. The molecule has 0 radical (unpaired) electrons. The smallest absolute Gasteiger partial charge is 0.240 e. The second kappa shape index (κ2) is 8.78. The van der Waals surface area contributed by atoms with Crippen LogP contribution in [0.2, 0.25) is 0 Å². The van der Waals surface area contributed by atoms with E-state index < -0.39 is 10.0 Å². The summed E-state index contributed by atoms with van der Waals surface area (Å²) in [5.41, 5.74) is 2.15. The van der Waals surface area contributed by atoms with Crippen molar-refractivity contribution in [3.8, 4) is 0 Å². The fourth-order valence-electron chi connectivity index (χ4n) is 2.35. The molecule has 0 heterocycles. The second-order valence-electron chi connectivity index (χ2n) is 6.08. The van der Waals surface area contributed by atoms with E-state index in [0.717, 1.165) is 11.1 Å². The number of carbonyl (C=O) groups excluding carboxylic acids is 1. The lowest BCUT2D eigenvalue weighted by molar-refractivity contribution is -0.120. The van der Waals surface area contributed by atoms with Crippen LogP contribution in [-0.4, -0.2) is 27.4 Å². The molecule has 0 saturated heterocycles. The van der Waals surface area contributed by atoms with Crippen molar-refractivity contribution in [2.75, 3.05) is 13.1 Å². The summed E-state index contributed by atoms with van der Waals surface area (Å²) in [5, 5.41) is 2.84. The van der Waals surface area contributed by atoms with Crippen molar-refractivity contribution in [1.82, 2.24) is 10.0 Å². The third-order valence-electron chi connectivity index (χ3n) is 3.95. The minimum absolute atomic E-state index is 0.0712. The molecule has 0 aromatic heterocycles. The van der Waals surface area contributed by atoms with Crippen LogP contribution in [0.1, 0.15) is 30.4 Å². The van der Waals surface area contributed by atoms with Crippen LogP contribution in [0.25, 0.3) is 0 Å². The van der Waals surface area contributed by atoms with Crippen LogP contribution in [0.5, 0.6) is 0 Å². The largest absolute Gasteiger partial charge is 0.355 e. The number of rotatable bonds is 8. The quantitative estimate of drug-likeness (QED) is 0.760. The van der Waals surface area contributed by atoms with E-state index >= 15 is 0 Å². The highest BCUT2D eigenvalue weighted by molar-refractivity contribution is 7.89. The Balaban J connectivity index is 1.75. The van der Waals surface area contributed by atoms with Crippen molar-refractivity contribution in [2.45, 2.75) is 31.1 Å². The zero-order valence-electron chi connectivity index (χ0n) is 14.5. The lowest BCUT2D eigenvalue weighted by Gasteiger charge is -2.13. The van der Waals surface area contributed by atoms with Gasteiger partial charge in [0.05, 0.1) is 4.90 Å². The van der Waals surface area contributed by atoms with Crippen molar-refractivity contribution >= 4 is 15.9 Å².